The van der Waals surface area contributed by atoms with Gasteiger partial charge in [-0.05, 0) is 48.5 Å². The standard InChI is InChI=1S/C24H24FN7O3/c1-30-23(33)20-22(32(24(30)34)18-6-4-17(25)5-7-18)29-28-21(27-20)16-2-8-19(9-3-16)35-15-14-31-12-10-26-11-13-31/h2-9,26H,10-15H2,1H3. The predicted octanol–water partition coefficient (Wildman–Crippen LogP) is 0.964. The maximum absolute atomic E-state index is 13.4. The van der Waals surface area contributed by atoms with Crippen LogP contribution in [0.1, 0.15) is 0 Å². The van der Waals surface area contributed by atoms with Crippen molar-refractivity contribution in [1.29, 1.82) is 0 Å². The van der Waals surface area contributed by atoms with Gasteiger partial charge >= 0.3 is 5.69 Å². The van der Waals surface area contributed by atoms with Crippen LogP contribution in [0.3, 0.4) is 0 Å². The van der Waals surface area contributed by atoms with Gasteiger partial charge in [0.15, 0.2) is 17.0 Å². The minimum absolute atomic E-state index is 0.00123. The Hall–Kier alpha value is -3.96. The van der Waals surface area contributed by atoms with E-state index in [0.717, 1.165) is 43.0 Å². The number of ether oxygens (including phenoxy) is 1. The summed E-state index contributed by atoms with van der Waals surface area (Å²) in [6.45, 7) is 5.48. The van der Waals surface area contributed by atoms with E-state index in [2.05, 4.69) is 25.4 Å². The molecule has 1 N–H and O–H groups in total. The number of nitrogens with one attached hydrogen (secondary N) is 1. The predicted molar refractivity (Wildman–Crippen MR) is 128 cm³/mol. The zero-order chi connectivity index (χ0) is 24.4. The SMILES string of the molecule is Cn1c(=O)c2nc(-c3ccc(OCCN4CCNCC4)cc3)nnc2n(-c2ccc(F)cc2)c1=O. The van der Waals surface area contributed by atoms with Crippen molar-refractivity contribution in [1.82, 2.24) is 34.5 Å². The summed E-state index contributed by atoms with van der Waals surface area (Å²) in [6.07, 6.45) is 0. The zero-order valence-corrected chi connectivity index (χ0v) is 19.1. The summed E-state index contributed by atoms with van der Waals surface area (Å²) in [7, 11) is 1.36. The van der Waals surface area contributed by atoms with Crippen LogP contribution in [0.2, 0.25) is 0 Å². The summed E-state index contributed by atoms with van der Waals surface area (Å²) >= 11 is 0. The Labute approximate surface area is 199 Å². The highest BCUT2D eigenvalue weighted by Crippen LogP contribution is 2.20. The van der Waals surface area contributed by atoms with Crippen LogP contribution in [0.15, 0.2) is 58.1 Å². The van der Waals surface area contributed by atoms with Crippen LogP contribution < -0.4 is 21.3 Å². The third-order valence-electron chi connectivity index (χ3n) is 5.95. The van der Waals surface area contributed by atoms with Gasteiger partial charge in [0.1, 0.15) is 18.2 Å². The third kappa shape index (κ3) is 4.68. The second-order valence-corrected chi connectivity index (χ2v) is 8.23. The molecule has 0 unspecified atom stereocenters. The molecule has 0 amide bonds. The van der Waals surface area contributed by atoms with E-state index in [1.165, 1.54) is 35.9 Å². The summed E-state index contributed by atoms with van der Waals surface area (Å²) < 4.78 is 21.4. The van der Waals surface area contributed by atoms with Crippen molar-refractivity contribution < 1.29 is 9.13 Å². The molecule has 35 heavy (non-hydrogen) atoms. The highest BCUT2D eigenvalue weighted by molar-refractivity contribution is 5.73. The third-order valence-corrected chi connectivity index (χ3v) is 5.95. The summed E-state index contributed by atoms with van der Waals surface area (Å²) in [5, 5.41) is 11.6. The molecule has 0 saturated carbocycles. The van der Waals surface area contributed by atoms with Gasteiger partial charge in [-0.2, -0.15) is 0 Å². The van der Waals surface area contributed by atoms with Gasteiger partial charge < -0.3 is 10.1 Å². The minimum atomic E-state index is -0.625. The number of aromatic nitrogens is 5. The number of hydrogen-bond acceptors (Lipinski definition) is 8. The molecule has 0 radical (unpaired) electrons. The Kier molecular flexibility index (Phi) is 6.34. The van der Waals surface area contributed by atoms with E-state index >= 15 is 0 Å². The Morgan fingerprint density at radius 3 is 2.43 bits per heavy atom. The molecule has 180 valence electrons. The fourth-order valence-corrected chi connectivity index (χ4v) is 3.97. The fourth-order valence-electron chi connectivity index (χ4n) is 3.97. The minimum Gasteiger partial charge on any atom is -0.492 e. The molecule has 1 saturated heterocycles. The van der Waals surface area contributed by atoms with E-state index < -0.39 is 17.1 Å². The van der Waals surface area contributed by atoms with Crippen molar-refractivity contribution in [2.45, 2.75) is 0 Å². The summed E-state index contributed by atoms with van der Waals surface area (Å²) in [4.78, 5) is 32.4. The highest BCUT2D eigenvalue weighted by atomic mass is 19.1. The second-order valence-electron chi connectivity index (χ2n) is 8.23. The molecule has 0 bridgehead atoms. The number of hydrogen-bond donors (Lipinski definition) is 1. The monoisotopic (exact) mass is 477 g/mol. The van der Waals surface area contributed by atoms with E-state index in [9.17, 15) is 14.0 Å². The normalized spacial score (nSPS) is 14.3. The lowest BCUT2D eigenvalue weighted by Crippen LogP contribution is -2.44. The smallest absolute Gasteiger partial charge is 0.337 e. The zero-order valence-electron chi connectivity index (χ0n) is 19.1. The van der Waals surface area contributed by atoms with Gasteiger partial charge in [0.05, 0.1) is 5.69 Å². The van der Waals surface area contributed by atoms with E-state index in [1.807, 2.05) is 12.1 Å². The number of benzene rings is 2. The quantitative estimate of drug-likeness (QED) is 0.438. The van der Waals surface area contributed by atoms with Gasteiger partial charge in [-0.25, -0.2) is 18.7 Å². The average Bonchev–Trinajstić information content (AvgIpc) is 2.89. The number of nitrogens with zero attached hydrogens (tertiary/aromatic N) is 6. The molecular formula is C24H24FN7O3. The Bertz CT molecular complexity index is 1460. The molecule has 10 nitrogen and oxygen atoms in total. The molecule has 5 rings (SSSR count). The van der Waals surface area contributed by atoms with Gasteiger partial charge in [-0.1, -0.05) is 0 Å². The first-order valence-electron chi connectivity index (χ1n) is 11.3. The van der Waals surface area contributed by atoms with Gasteiger partial charge in [0.2, 0.25) is 0 Å². The maximum Gasteiger partial charge on any atom is 0.337 e. The van der Waals surface area contributed by atoms with Crippen LogP contribution >= 0.6 is 0 Å². The molecule has 1 aliphatic rings. The number of halogens is 1. The van der Waals surface area contributed by atoms with Crippen LogP contribution in [0, 0.1) is 5.82 Å². The van der Waals surface area contributed by atoms with Crippen molar-refractivity contribution in [3.63, 3.8) is 0 Å². The van der Waals surface area contributed by atoms with Crippen molar-refractivity contribution in [2.24, 2.45) is 7.05 Å². The Morgan fingerprint density at radius 1 is 1.00 bits per heavy atom. The first-order valence-corrected chi connectivity index (χ1v) is 11.3. The molecule has 2 aromatic heterocycles. The van der Waals surface area contributed by atoms with Gasteiger partial charge in [0, 0.05) is 45.3 Å². The number of piperazine rings is 1. The molecule has 11 heteroatoms. The van der Waals surface area contributed by atoms with E-state index in [-0.39, 0.29) is 17.0 Å². The van der Waals surface area contributed by atoms with Crippen molar-refractivity contribution >= 4 is 11.2 Å². The van der Waals surface area contributed by atoms with Gasteiger partial charge in [-0.3, -0.25) is 14.3 Å². The van der Waals surface area contributed by atoms with E-state index in [0.29, 0.717) is 17.9 Å². The molecule has 4 aromatic rings. The molecule has 0 atom stereocenters. The van der Waals surface area contributed by atoms with E-state index in [4.69, 9.17) is 4.74 Å². The lowest BCUT2D eigenvalue weighted by atomic mass is 10.2. The molecule has 1 fully saturated rings. The Morgan fingerprint density at radius 2 is 1.71 bits per heavy atom. The molecule has 0 spiro atoms. The van der Waals surface area contributed by atoms with E-state index in [1.54, 1.807) is 12.1 Å². The Balaban J connectivity index is 1.42. The topological polar surface area (TPSA) is 107 Å². The summed E-state index contributed by atoms with van der Waals surface area (Å²) in [5.41, 5.74) is -0.231. The first kappa shape index (κ1) is 22.8. The largest absolute Gasteiger partial charge is 0.492 e. The van der Waals surface area contributed by atoms with Crippen molar-refractivity contribution in [3.05, 3.63) is 75.2 Å². The van der Waals surface area contributed by atoms with Crippen molar-refractivity contribution in [2.75, 3.05) is 39.3 Å². The summed E-state index contributed by atoms with van der Waals surface area (Å²) in [6, 6.07) is 12.5. The van der Waals surface area contributed by atoms with Crippen LogP contribution in [0.25, 0.3) is 28.2 Å². The van der Waals surface area contributed by atoms with Gasteiger partial charge in [-0.15, -0.1) is 10.2 Å². The number of fused-ring (bicyclic) bond motifs is 1. The molecule has 3 heterocycles. The van der Waals surface area contributed by atoms with Crippen molar-refractivity contribution in [3.8, 4) is 22.8 Å². The molecule has 0 aliphatic carbocycles. The fraction of sp³-hybridized carbons (Fsp3) is 0.292. The molecule has 1 aliphatic heterocycles. The van der Waals surface area contributed by atoms with Crippen LogP contribution in [0.4, 0.5) is 4.39 Å². The summed E-state index contributed by atoms with van der Waals surface area (Å²) in [5.74, 6) is 0.517. The average molecular weight is 478 g/mol. The highest BCUT2D eigenvalue weighted by Gasteiger charge is 2.17. The van der Waals surface area contributed by atoms with Crippen LogP contribution in [-0.2, 0) is 7.05 Å². The number of rotatable bonds is 6. The van der Waals surface area contributed by atoms with Crippen LogP contribution in [-0.4, -0.2) is 68.5 Å². The lowest BCUT2D eigenvalue weighted by Gasteiger charge is -2.26. The maximum atomic E-state index is 13.4. The van der Waals surface area contributed by atoms with Crippen LogP contribution in [0.5, 0.6) is 5.75 Å². The second kappa shape index (κ2) is 9.72. The van der Waals surface area contributed by atoms with Gasteiger partial charge in [0.25, 0.3) is 5.56 Å². The molecule has 2 aromatic carbocycles. The molecular weight excluding hydrogens is 453 g/mol. The lowest BCUT2D eigenvalue weighted by molar-refractivity contribution is 0.191. The first-order chi connectivity index (χ1) is 17.0.